The molecule has 3 rings (SSSR count). The van der Waals surface area contributed by atoms with E-state index in [-0.39, 0.29) is 17.1 Å². The van der Waals surface area contributed by atoms with Gasteiger partial charge in [0.15, 0.2) is 0 Å². The van der Waals surface area contributed by atoms with Crippen molar-refractivity contribution < 1.29 is 14.6 Å². The Labute approximate surface area is 134 Å². The second kappa shape index (κ2) is 6.36. The Kier molecular flexibility index (Phi) is 4.11. The quantitative estimate of drug-likeness (QED) is 0.709. The predicted molar refractivity (Wildman–Crippen MR) is 89.2 cm³/mol. The van der Waals surface area contributed by atoms with E-state index in [0.29, 0.717) is 17.1 Å². The summed E-state index contributed by atoms with van der Waals surface area (Å²) in [6, 6.07) is 21.3. The van der Waals surface area contributed by atoms with Gasteiger partial charge in [-0.2, -0.15) is 0 Å². The van der Waals surface area contributed by atoms with E-state index in [4.69, 9.17) is 4.74 Å². The molecule has 0 fully saturated rings. The van der Waals surface area contributed by atoms with Gasteiger partial charge in [0.25, 0.3) is 0 Å². The van der Waals surface area contributed by atoms with Gasteiger partial charge in [0.05, 0.1) is 11.1 Å². The summed E-state index contributed by atoms with van der Waals surface area (Å²) in [6.07, 6.45) is 0. The number of ether oxygens (including phenoxy) is 1. The molecule has 3 aromatic carbocycles. The summed E-state index contributed by atoms with van der Waals surface area (Å²) >= 11 is 0. The van der Waals surface area contributed by atoms with Gasteiger partial charge in [-0.05, 0) is 43.3 Å². The Hall–Kier alpha value is -3.07. The van der Waals surface area contributed by atoms with Crippen molar-refractivity contribution in [2.75, 3.05) is 0 Å². The number of ketones is 1. The molecule has 0 radical (unpaired) electrons. The fourth-order valence-corrected chi connectivity index (χ4v) is 2.34. The molecular weight excluding hydrogens is 288 g/mol. The molecule has 0 bridgehead atoms. The van der Waals surface area contributed by atoms with Crippen LogP contribution in [0.3, 0.4) is 0 Å². The first kappa shape index (κ1) is 14.9. The molecule has 0 aliphatic rings. The van der Waals surface area contributed by atoms with Crippen molar-refractivity contribution in [3.8, 4) is 17.2 Å². The predicted octanol–water partition coefficient (Wildman–Crippen LogP) is 4.72. The van der Waals surface area contributed by atoms with Gasteiger partial charge in [-0.15, -0.1) is 0 Å². The molecule has 3 aromatic rings. The molecule has 0 aliphatic heterocycles. The van der Waals surface area contributed by atoms with Crippen molar-refractivity contribution in [2.24, 2.45) is 0 Å². The van der Waals surface area contributed by atoms with Crippen LogP contribution in [0, 0.1) is 6.92 Å². The van der Waals surface area contributed by atoms with Gasteiger partial charge in [-0.3, -0.25) is 4.79 Å². The third-order valence-corrected chi connectivity index (χ3v) is 3.50. The maximum atomic E-state index is 12.8. The number of benzene rings is 3. The molecule has 0 aliphatic carbocycles. The van der Waals surface area contributed by atoms with Crippen LogP contribution in [-0.2, 0) is 0 Å². The number of para-hydroxylation sites is 2. The van der Waals surface area contributed by atoms with Gasteiger partial charge in [-0.1, -0.05) is 42.0 Å². The topological polar surface area (TPSA) is 46.5 Å². The lowest BCUT2D eigenvalue weighted by Gasteiger charge is -2.11. The van der Waals surface area contributed by atoms with Crippen molar-refractivity contribution in [3.05, 3.63) is 89.5 Å². The summed E-state index contributed by atoms with van der Waals surface area (Å²) < 4.78 is 5.82. The minimum atomic E-state index is -0.266. The summed E-state index contributed by atoms with van der Waals surface area (Å²) in [6.45, 7) is 1.88. The van der Waals surface area contributed by atoms with Crippen molar-refractivity contribution in [1.82, 2.24) is 0 Å². The zero-order chi connectivity index (χ0) is 16.2. The molecule has 0 heterocycles. The Morgan fingerprint density at radius 2 is 1.57 bits per heavy atom. The Morgan fingerprint density at radius 1 is 0.870 bits per heavy atom. The average Bonchev–Trinajstić information content (AvgIpc) is 2.58. The van der Waals surface area contributed by atoms with Crippen LogP contribution in [0.15, 0.2) is 72.8 Å². The Bertz CT molecular complexity index is 839. The third kappa shape index (κ3) is 3.24. The number of phenols is 1. The molecule has 23 heavy (non-hydrogen) atoms. The molecule has 1 N–H and O–H groups in total. The summed E-state index contributed by atoms with van der Waals surface area (Å²) in [5.74, 6) is 0.818. The van der Waals surface area contributed by atoms with E-state index in [2.05, 4.69) is 0 Å². The van der Waals surface area contributed by atoms with Crippen LogP contribution < -0.4 is 4.74 Å². The van der Waals surface area contributed by atoms with Gasteiger partial charge in [0.2, 0.25) is 5.78 Å². The number of aromatic hydroxyl groups is 1. The second-order valence-corrected chi connectivity index (χ2v) is 5.26. The van der Waals surface area contributed by atoms with Crippen molar-refractivity contribution in [1.29, 1.82) is 0 Å². The fourth-order valence-electron chi connectivity index (χ4n) is 2.34. The molecule has 0 atom stereocenters. The van der Waals surface area contributed by atoms with Crippen molar-refractivity contribution >= 4 is 5.78 Å². The van der Waals surface area contributed by atoms with E-state index in [9.17, 15) is 9.90 Å². The maximum Gasteiger partial charge on any atom is 0.200 e. The van der Waals surface area contributed by atoms with E-state index in [1.807, 2.05) is 43.3 Å². The number of carbonyl (C=O) groups excluding carboxylic acids is 1. The first-order valence-electron chi connectivity index (χ1n) is 7.31. The first-order valence-corrected chi connectivity index (χ1v) is 7.31. The number of aryl methyl sites for hydroxylation is 1. The average molecular weight is 304 g/mol. The monoisotopic (exact) mass is 304 g/mol. The fraction of sp³-hybridized carbons (Fsp3) is 0.0500. The number of rotatable bonds is 4. The van der Waals surface area contributed by atoms with Crippen LogP contribution in [0.5, 0.6) is 17.2 Å². The van der Waals surface area contributed by atoms with Crippen LogP contribution >= 0.6 is 0 Å². The lowest BCUT2D eigenvalue weighted by molar-refractivity contribution is 0.103. The second-order valence-electron chi connectivity index (χ2n) is 5.26. The van der Waals surface area contributed by atoms with Crippen LogP contribution in [0.1, 0.15) is 21.5 Å². The maximum absolute atomic E-state index is 12.8. The summed E-state index contributed by atoms with van der Waals surface area (Å²) in [4.78, 5) is 12.8. The Morgan fingerprint density at radius 3 is 2.35 bits per heavy atom. The van der Waals surface area contributed by atoms with Crippen molar-refractivity contribution in [2.45, 2.75) is 6.92 Å². The highest BCUT2D eigenvalue weighted by molar-refractivity contribution is 6.12. The van der Waals surface area contributed by atoms with Gasteiger partial charge in [-0.25, -0.2) is 0 Å². The summed E-state index contributed by atoms with van der Waals surface area (Å²) in [5.41, 5.74) is 1.60. The molecule has 0 aromatic heterocycles. The minimum absolute atomic E-state index is 0.0323. The molecule has 0 spiro atoms. The number of carbonyl (C=O) groups is 1. The van der Waals surface area contributed by atoms with Gasteiger partial charge in [0, 0.05) is 0 Å². The summed E-state index contributed by atoms with van der Waals surface area (Å²) in [5, 5.41) is 9.99. The normalized spacial score (nSPS) is 10.3. The molecule has 0 saturated heterocycles. The smallest absolute Gasteiger partial charge is 0.200 e. The van der Waals surface area contributed by atoms with E-state index < -0.39 is 0 Å². The van der Waals surface area contributed by atoms with Gasteiger partial charge in [0.1, 0.15) is 17.2 Å². The Balaban J connectivity index is 2.00. The third-order valence-electron chi connectivity index (χ3n) is 3.50. The largest absolute Gasteiger partial charge is 0.507 e. The van der Waals surface area contributed by atoms with Crippen LogP contribution in [0.25, 0.3) is 0 Å². The highest BCUT2D eigenvalue weighted by Crippen LogP contribution is 2.29. The zero-order valence-electron chi connectivity index (χ0n) is 12.7. The van der Waals surface area contributed by atoms with E-state index in [1.54, 1.807) is 30.3 Å². The van der Waals surface area contributed by atoms with Crippen LogP contribution in [0.2, 0.25) is 0 Å². The summed E-state index contributed by atoms with van der Waals surface area (Å²) in [7, 11) is 0. The van der Waals surface area contributed by atoms with E-state index in [1.165, 1.54) is 6.07 Å². The molecule has 114 valence electrons. The standard InChI is InChI=1S/C20H16O3/c1-14-11-12-18(21)17(13-14)20(22)16-9-5-6-10-19(16)23-15-7-3-2-4-8-15/h2-13,21H,1H3. The number of hydrogen-bond acceptors (Lipinski definition) is 3. The van der Waals surface area contributed by atoms with E-state index in [0.717, 1.165) is 5.56 Å². The van der Waals surface area contributed by atoms with E-state index >= 15 is 0 Å². The minimum Gasteiger partial charge on any atom is -0.507 e. The molecule has 0 unspecified atom stereocenters. The highest BCUT2D eigenvalue weighted by atomic mass is 16.5. The van der Waals surface area contributed by atoms with Crippen molar-refractivity contribution in [3.63, 3.8) is 0 Å². The van der Waals surface area contributed by atoms with Gasteiger partial charge >= 0.3 is 0 Å². The lowest BCUT2D eigenvalue weighted by atomic mass is 10.00. The lowest BCUT2D eigenvalue weighted by Crippen LogP contribution is -2.04. The SMILES string of the molecule is Cc1ccc(O)c(C(=O)c2ccccc2Oc2ccccc2)c1. The van der Waals surface area contributed by atoms with Crippen LogP contribution in [-0.4, -0.2) is 10.9 Å². The molecule has 3 nitrogen and oxygen atoms in total. The number of phenolic OH excluding ortho intramolecular Hbond substituents is 1. The first-order chi connectivity index (χ1) is 11.1. The van der Waals surface area contributed by atoms with Crippen LogP contribution in [0.4, 0.5) is 0 Å². The highest BCUT2D eigenvalue weighted by Gasteiger charge is 2.18. The zero-order valence-corrected chi connectivity index (χ0v) is 12.7. The van der Waals surface area contributed by atoms with Gasteiger partial charge < -0.3 is 9.84 Å². The molecule has 3 heteroatoms. The number of hydrogen-bond donors (Lipinski definition) is 1. The molecular formula is C20H16O3. The molecule has 0 amide bonds. The molecule has 0 saturated carbocycles.